The van der Waals surface area contributed by atoms with E-state index in [1.54, 1.807) is 54.6 Å². The summed E-state index contributed by atoms with van der Waals surface area (Å²) in [6.07, 6.45) is 0. The maximum atomic E-state index is 12.7. The van der Waals surface area contributed by atoms with Crippen molar-refractivity contribution < 1.29 is 19.1 Å². The third-order valence-corrected chi connectivity index (χ3v) is 5.06. The summed E-state index contributed by atoms with van der Waals surface area (Å²) in [5, 5.41) is 2.85. The Morgan fingerprint density at radius 2 is 1.57 bits per heavy atom. The van der Waals surface area contributed by atoms with Gasteiger partial charge in [-0.05, 0) is 49.4 Å². The third-order valence-electron chi connectivity index (χ3n) is 5.06. The Kier molecular flexibility index (Phi) is 5.06. The van der Waals surface area contributed by atoms with Gasteiger partial charge in [-0.3, -0.25) is 19.3 Å². The van der Waals surface area contributed by atoms with Crippen molar-refractivity contribution in [3.63, 3.8) is 0 Å². The average molecular weight is 400 g/mol. The van der Waals surface area contributed by atoms with Crippen LogP contribution in [-0.2, 0) is 6.54 Å². The van der Waals surface area contributed by atoms with Crippen LogP contribution in [0.5, 0.6) is 5.75 Å². The first kappa shape index (κ1) is 19.4. The highest BCUT2D eigenvalue weighted by atomic mass is 16.5. The largest absolute Gasteiger partial charge is 0.496 e. The molecule has 1 aliphatic heterocycles. The molecule has 3 aromatic carbocycles. The lowest BCUT2D eigenvalue weighted by Crippen LogP contribution is -2.29. The van der Waals surface area contributed by atoms with Gasteiger partial charge >= 0.3 is 0 Å². The molecule has 0 fully saturated rings. The fourth-order valence-corrected chi connectivity index (χ4v) is 3.44. The van der Waals surface area contributed by atoms with E-state index in [-0.39, 0.29) is 24.3 Å². The van der Waals surface area contributed by atoms with E-state index in [1.165, 1.54) is 12.0 Å². The summed E-state index contributed by atoms with van der Waals surface area (Å²) in [7, 11) is 1.52. The molecule has 0 atom stereocenters. The molecular formula is C24H20N2O4. The second kappa shape index (κ2) is 7.83. The number of nitrogens with zero attached hydrogens (tertiary/aromatic N) is 1. The lowest BCUT2D eigenvalue weighted by molar-refractivity contribution is 0.0641. The number of nitrogens with one attached hydrogen (secondary N) is 1. The molecule has 0 aromatic heterocycles. The van der Waals surface area contributed by atoms with E-state index in [0.717, 1.165) is 5.56 Å². The second-order valence-corrected chi connectivity index (χ2v) is 7.09. The van der Waals surface area contributed by atoms with Crippen LogP contribution < -0.4 is 10.1 Å². The Bertz CT molecular complexity index is 1120. The number of anilines is 1. The Balaban J connectivity index is 1.58. The predicted octanol–water partition coefficient (Wildman–Crippen LogP) is 4.05. The van der Waals surface area contributed by atoms with E-state index < -0.39 is 0 Å². The zero-order chi connectivity index (χ0) is 21.3. The quantitative estimate of drug-likeness (QED) is 0.656. The van der Waals surface area contributed by atoms with Gasteiger partial charge in [0.05, 0.1) is 24.8 Å². The van der Waals surface area contributed by atoms with Gasteiger partial charge in [-0.1, -0.05) is 29.8 Å². The van der Waals surface area contributed by atoms with Gasteiger partial charge in [0.15, 0.2) is 0 Å². The molecule has 0 saturated carbocycles. The number of methoxy groups -OCH3 is 1. The number of fused-ring (bicyclic) bond motifs is 1. The maximum Gasteiger partial charge on any atom is 0.261 e. The monoisotopic (exact) mass is 400 g/mol. The molecule has 1 aliphatic rings. The summed E-state index contributed by atoms with van der Waals surface area (Å²) in [6.45, 7) is 2.00. The number of carbonyl (C=O) groups is 3. The van der Waals surface area contributed by atoms with Crippen LogP contribution in [0.15, 0.2) is 66.7 Å². The van der Waals surface area contributed by atoms with Crippen LogP contribution in [0, 0.1) is 6.92 Å². The molecule has 150 valence electrons. The summed E-state index contributed by atoms with van der Waals surface area (Å²) >= 11 is 0. The molecule has 0 radical (unpaired) electrons. The third kappa shape index (κ3) is 3.55. The Morgan fingerprint density at radius 3 is 2.17 bits per heavy atom. The molecule has 0 unspecified atom stereocenters. The first-order valence-corrected chi connectivity index (χ1v) is 9.48. The highest BCUT2D eigenvalue weighted by molar-refractivity contribution is 6.21. The summed E-state index contributed by atoms with van der Waals surface area (Å²) in [6, 6.07) is 19.2. The van der Waals surface area contributed by atoms with Crippen molar-refractivity contribution in [3.8, 4) is 5.75 Å². The summed E-state index contributed by atoms with van der Waals surface area (Å²) < 4.78 is 5.40. The molecule has 3 aromatic rings. The SMILES string of the molecule is COc1ccc(NC(=O)c2ccc(C)cc2)cc1CN1C(=O)c2ccccc2C1=O. The number of amides is 3. The fraction of sp³-hybridized carbons (Fsp3) is 0.125. The molecule has 0 saturated heterocycles. The maximum absolute atomic E-state index is 12.7. The van der Waals surface area contributed by atoms with E-state index in [1.807, 2.05) is 19.1 Å². The molecule has 6 heteroatoms. The van der Waals surface area contributed by atoms with E-state index in [9.17, 15) is 14.4 Å². The molecule has 30 heavy (non-hydrogen) atoms. The van der Waals surface area contributed by atoms with Gasteiger partial charge in [0.1, 0.15) is 5.75 Å². The van der Waals surface area contributed by atoms with Crippen molar-refractivity contribution in [1.82, 2.24) is 4.90 Å². The minimum Gasteiger partial charge on any atom is -0.496 e. The molecule has 1 N–H and O–H groups in total. The van der Waals surface area contributed by atoms with Crippen LogP contribution in [0.4, 0.5) is 5.69 Å². The first-order chi connectivity index (χ1) is 14.5. The zero-order valence-corrected chi connectivity index (χ0v) is 16.6. The van der Waals surface area contributed by atoms with Crippen molar-refractivity contribution in [2.24, 2.45) is 0 Å². The lowest BCUT2D eigenvalue weighted by Gasteiger charge is -2.17. The van der Waals surface area contributed by atoms with E-state index in [4.69, 9.17) is 4.74 Å². The fourth-order valence-electron chi connectivity index (χ4n) is 3.44. The molecule has 1 heterocycles. The van der Waals surface area contributed by atoms with Gasteiger partial charge in [0.2, 0.25) is 0 Å². The normalized spacial score (nSPS) is 12.7. The summed E-state index contributed by atoms with van der Waals surface area (Å²) in [5.74, 6) is -0.398. The van der Waals surface area contributed by atoms with Crippen LogP contribution in [0.3, 0.4) is 0 Å². The highest BCUT2D eigenvalue weighted by Crippen LogP contribution is 2.29. The van der Waals surface area contributed by atoms with Crippen molar-refractivity contribution in [2.45, 2.75) is 13.5 Å². The Labute approximate surface area is 174 Å². The number of imide groups is 1. The van der Waals surface area contributed by atoms with Crippen LogP contribution in [0.1, 0.15) is 42.2 Å². The number of benzene rings is 3. The van der Waals surface area contributed by atoms with Crippen LogP contribution in [-0.4, -0.2) is 29.7 Å². The smallest absolute Gasteiger partial charge is 0.261 e. The zero-order valence-electron chi connectivity index (χ0n) is 16.6. The Morgan fingerprint density at radius 1 is 0.933 bits per heavy atom. The van der Waals surface area contributed by atoms with Gasteiger partial charge in [-0.25, -0.2) is 0 Å². The first-order valence-electron chi connectivity index (χ1n) is 9.48. The van der Waals surface area contributed by atoms with Gasteiger partial charge < -0.3 is 10.1 Å². The molecule has 4 rings (SSSR count). The minimum atomic E-state index is -0.341. The number of rotatable bonds is 5. The topological polar surface area (TPSA) is 75.7 Å². The number of hydrogen-bond donors (Lipinski definition) is 1. The summed E-state index contributed by atoms with van der Waals surface area (Å²) in [5.41, 5.74) is 3.56. The van der Waals surface area contributed by atoms with Gasteiger partial charge in [-0.15, -0.1) is 0 Å². The molecule has 3 amide bonds. The minimum absolute atomic E-state index is 0.0454. The van der Waals surface area contributed by atoms with Crippen LogP contribution >= 0.6 is 0 Å². The predicted molar refractivity (Wildman–Crippen MR) is 113 cm³/mol. The van der Waals surface area contributed by atoms with Crippen molar-refractivity contribution in [3.05, 3.63) is 94.5 Å². The molecule has 0 spiro atoms. The molecule has 0 bridgehead atoms. The number of hydrogen-bond acceptors (Lipinski definition) is 4. The van der Waals surface area contributed by atoms with E-state index in [0.29, 0.717) is 33.7 Å². The molecular weight excluding hydrogens is 380 g/mol. The lowest BCUT2D eigenvalue weighted by atomic mass is 10.1. The van der Waals surface area contributed by atoms with Gasteiger partial charge in [0.25, 0.3) is 17.7 Å². The van der Waals surface area contributed by atoms with Crippen molar-refractivity contribution in [1.29, 1.82) is 0 Å². The number of carbonyl (C=O) groups excluding carboxylic acids is 3. The summed E-state index contributed by atoms with van der Waals surface area (Å²) in [4.78, 5) is 39.1. The van der Waals surface area contributed by atoms with E-state index in [2.05, 4.69) is 5.32 Å². The van der Waals surface area contributed by atoms with Crippen molar-refractivity contribution in [2.75, 3.05) is 12.4 Å². The second-order valence-electron chi connectivity index (χ2n) is 7.09. The van der Waals surface area contributed by atoms with E-state index >= 15 is 0 Å². The van der Waals surface area contributed by atoms with Crippen LogP contribution in [0.25, 0.3) is 0 Å². The Hall–Kier alpha value is -3.93. The number of ether oxygens (including phenoxy) is 1. The van der Waals surface area contributed by atoms with Gasteiger partial charge in [-0.2, -0.15) is 0 Å². The van der Waals surface area contributed by atoms with Gasteiger partial charge in [0, 0.05) is 16.8 Å². The molecule has 0 aliphatic carbocycles. The average Bonchev–Trinajstić information content (AvgIpc) is 2.99. The highest BCUT2D eigenvalue weighted by Gasteiger charge is 2.35. The molecule has 6 nitrogen and oxygen atoms in total. The number of aryl methyl sites for hydroxylation is 1. The van der Waals surface area contributed by atoms with Crippen LogP contribution in [0.2, 0.25) is 0 Å². The standard InChI is InChI=1S/C24H20N2O4/c1-15-7-9-16(10-8-15)22(27)25-18-11-12-21(30-2)17(13-18)14-26-23(28)19-5-3-4-6-20(19)24(26)29/h3-13H,14H2,1-2H3,(H,25,27). The van der Waals surface area contributed by atoms with Crippen molar-refractivity contribution >= 4 is 23.4 Å².